The summed E-state index contributed by atoms with van der Waals surface area (Å²) >= 11 is 6.30. The molecule has 0 aromatic heterocycles. The number of hydrogen-bond donors (Lipinski definition) is 1. The van der Waals surface area contributed by atoms with Gasteiger partial charge in [-0.2, -0.15) is 0 Å². The van der Waals surface area contributed by atoms with Crippen molar-refractivity contribution >= 4 is 17.5 Å². The summed E-state index contributed by atoms with van der Waals surface area (Å²) in [6.45, 7) is 0.848. The van der Waals surface area contributed by atoms with Crippen molar-refractivity contribution in [3.05, 3.63) is 34.9 Å². The van der Waals surface area contributed by atoms with Gasteiger partial charge in [-0.15, -0.1) is 0 Å². The molecular formula is C16H21ClN2O. The molecule has 2 N–H and O–H groups in total. The number of rotatable bonds is 2. The molecule has 0 bridgehead atoms. The van der Waals surface area contributed by atoms with Crippen molar-refractivity contribution in [2.45, 2.75) is 44.2 Å². The summed E-state index contributed by atoms with van der Waals surface area (Å²) in [6.07, 6.45) is 4.81. The molecule has 1 saturated carbocycles. The molecule has 3 rings (SSSR count). The molecule has 0 unspecified atom stereocenters. The van der Waals surface area contributed by atoms with Gasteiger partial charge in [0.25, 0.3) is 0 Å². The van der Waals surface area contributed by atoms with Crippen LogP contribution in [0.5, 0.6) is 0 Å². The lowest BCUT2D eigenvalue weighted by atomic mass is 10.0. The van der Waals surface area contributed by atoms with E-state index < -0.39 is 0 Å². The van der Waals surface area contributed by atoms with Crippen molar-refractivity contribution in [3.63, 3.8) is 0 Å². The van der Waals surface area contributed by atoms with Crippen LogP contribution in [0.15, 0.2) is 24.3 Å². The molecule has 4 heteroatoms. The molecule has 1 saturated heterocycles. The molecule has 0 radical (unpaired) electrons. The fourth-order valence-corrected chi connectivity index (χ4v) is 3.84. The zero-order chi connectivity index (χ0) is 14.1. The number of amides is 1. The summed E-state index contributed by atoms with van der Waals surface area (Å²) < 4.78 is 0. The predicted octanol–water partition coefficient (Wildman–Crippen LogP) is 3.13. The Hall–Kier alpha value is -1.06. The molecule has 1 aliphatic heterocycles. The van der Waals surface area contributed by atoms with Crippen molar-refractivity contribution in [1.29, 1.82) is 0 Å². The Morgan fingerprint density at radius 1 is 1.25 bits per heavy atom. The van der Waals surface area contributed by atoms with Crippen LogP contribution in [-0.2, 0) is 4.79 Å². The molecular weight excluding hydrogens is 272 g/mol. The number of likely N-dealkylation sites (tertiary alicyclic amines) is 1. The summed E-state index contributed by atoms with van der Waals surface area (Å²) in [6, 6.07) is 8.22. The number of carbonyl (C=O) groups excluding carboxylic acids is 1. The number of nitrogens with two attached hydrogens (primary N) is 1. The van der Waals surface area contributed by atoms with Gasteiger partial charge < -0.3 is 10.6 Å². The van der Waals surface area contributed by atoms with E-state index in [2.05, 4.69) is 0 Å². The van der Waals surface area contributed by atoms with Crippen LogP contribution in [0.3, 0.4) is 0 Å². The lowest BCUT2D eigenvalue weighted by molar-refractivity contribution is -0.136. The van der Waals surface area contributed by atoms with Gasteiger partial charge in [0.1, 0.15) is 0 Å². The quantitative estimate of drug-likeness (QED) is 0.910. The van der Waals surface area contributed by atoms with Crippen molar-refractivity contribution in [1.82, 2.24) is 4.90 Å². The van der Waals surface area contributed by atoms with Crippen LogP contribution in [0, 0.1) is 5.92 Å². The van der Waals surface area contributed by atoms with Crippen molar-refractivity contribution in [3.8, 4) is 0 Å². The fourth-order valence-electron chi connectivity index (χ4n) is 3.57. The van der Waals surface area contributed by atoms with Crippen LogP contribution in [0.4, 0.5) is 0 Å². The highest BCUT2D eigenvalue weighted by atomic mass is 35.5. The van der Waals surface area contributed by atoms with E-state index in [9.17, 15) is 4.79 Å². The number of carbonyl (C=O) groups is 1. The summed E-state index contributed by atoms with van der Waals surface area (Å²) in [5.74, 6) is 0.397. The van der Waals surface area contributed by atoms with E-state index in [-0.39, 0.29) is 23.9 Å². The molecule has 3 nitrogen and oxygen atoms in total. The summed E-state index contributed by atoms with van der Waals surface area (Å²) in [4.78, 5) is 14.7. The maximum Gasteiger partial charge on any atom is 0.226 e. The Labute approximate surface area is 125 Å². The van der Waals surface area contributed by atoms with Gasteiger partial charge in [-0.05, 0) is 43.7 Å². The molecule has 1 heterocycles. The standard InChI is InChI=1S/C16H21ClN2O/c17-14-5-2-1-4-13(14)15-6-3-9-19(15)16(20)11-7-8-12(18)10-11/h1-2,4-5,11-12,15H,3,6-10,18H2/t11-,12-,15+/m1/s1. The van der Waals surface area contributed by atoms with Gasteiger partial charge in [-0.3, -0.25) is 4.79 Å². The number of hydrogen-bond acceptors (Lipinski definition) is 2. The second-order valence-electron chi connectivity index (χ2n) is 5.98. The lowest BCUT2D eigenvalue weighted by Gasteiger charge is -2.28. The Morgan fingerprint density at radius 2 is 2.05 bits per heavy atom. The van der Waals surface area contributed by atoms with Gasteiger partial charge in [0.05, 0.1) is 6.04 Å². The van der Waals surface area contributed by atoms with E-state index in [0.29, 0.717) is 0 Å². The van der Waals surface area contributed by atoms with E-state index in [1.165, 1.54) is 0 Å². The molecule has 1 amide bonds. The first-order chi connectivity index (χ1) is 9.66. The van der Waals surface area contributed by atoms with E-state index in [4.69, 9.17) is 17.3 Å². The third kappa shape index (κ3) is 2.57. The van der Waals surface area contributed by atoms with Gasteiger partial charge in [0, 0.05) is 23.5 Å². The van der Waals surface area contributed by atoms with E-state index in [1.54, 1.807) is 0 Å². The molecule has 1 aromatic carbocycles. The topological polar surface area (TPSA) is 46.3 Å². The smallest absolute Gasteiger partial charge is 0.226 e. The van der Waals surface area contributed by atoms with Crippen LogP contribution < -0.4 is 5.73 Å². The van der Waals surface area contributed by atoms with E-state index >= 15 is 0 Å². The zero-order valence-corrected chi connectivity index (χ0v) is 12.4. The second-order valence-corrected chi connectivity index (χ2v) is 6.39. The monoisotopic (exact) mass is 292 g/mol. The Balaban J connectivity index is 1.79. The lowest BCUT2D eigenvalue weighted by Crippen LogP contribution is -2.35. The van der Waals surface area contributed by atoms with Gasteiger partial charge in [0.2, 0.25) is 5.91 Å². The Morgan fingerprint density at radius 3 is 2.75 bits per heavy atom. The average Bonchev–Trinajstić information content (AvgIpc) is 3.07. The summed E-state index contributed by atoms with van der Waals surface area (Å²) in [7, 11) is 0. The van der Waals surface area contributed by atoms with Gasteiger partial charge in [0.15, 0.2) is 0 Å². The SMILES string of the molecule is N[C@@H]1CC[C@@H](C(=O)N2CCC[C@H]2c2ccccc2Cl)C1. The van der Waals surface area contributed by atoms with Crippen LogP contribution >= 0.6 is 11.6 Å². The predicted molar refractivity (Wildman–Crippen MR) is 80.5 cm³/mol. The maximum absolute atomic E-state index is 12.7. The van der Waals surface area contributed by atoms with Crippen LogP contribution in [0.2, 0.25) is 5.02 Å². The zero-order valence-electron chi connectivity index (χ0n) is 11.6. The Kier molecular flexibility index (Phi) is 3.99. The van der Waals surface area contributed by atoms with Gasteiger partial charge in [-0.1, -0.05) is 29.8 Å². The first-order valence-electron chi connectivity index (χ1n) is 7.47. The molecule has 2 aliphatic rings. The normalized spacial score (nSPS) is 29.9. The summed E-state index contributed by atoms with van der Waals surface area (Å²) in [5, 5.41) is 0.764. The van der Waals surface area contributed by atoms with Crippen LogP contribution in [-0.4, -0.2) is 23.4 Å². The average molecular weight is 293 g/mol. The minimum Gasteiger partial charge on any atom is -0.335 e. The summed E-state index contributed by atoms with van der Waals surface area (Å²) in [5.41, 5.74) is 7.03. The highest BCUT2D eigenvalue weighted by Gasteiger charge is 2.37. The number of nitrogens with zero attached hydrogens (tertiary/aromatic N) is 1. The Bertz CT molecular complexity index is 505. The molecule has 20 heavy (non-hydrogen) atoms. The number of benzene rings is 1. The molecule has 3 atom stereocenters. The third-order valence-electron chi connectivity index (χ3n) is 4.62. The first kappa shape index (κ1) is 13.9. The highest BCUT2D eigenvalue weighted by Crippen LogP contribution is 2.38. The maximum atomic E-state index is 12.7. The van der Waals surface area contributed by atoms with Crippen molar-refractivity contribution in [2.24, 2.45) is 11.7 Å². The van der Waals surface area contributed by atoms with E-state index in [1.807, 2.05) is 29.2 Å². The third-order valence-corrected chi connectivity index (χ3v) is 4.97. The first-order valence-corrected chi connectivity index (χ1v) is 7.85. The van der Waals surface area contributed by atoms with Crippen molar-refractivity contribution < 1.29 is 4.79 Å². The minimum absolute atomic E-state index is 0.119. The minimum atomic E-state index is 0.119. The molecule has 1 aromatic rings. The van der Waals surface area contributed by atoms with Crippen LogP contribution in [0.25, 0.3) is 0 Å². The molecule has 108 valence electrons. The molecule has 2 fully saturated rings. The number of halogens is 1. The highest BCUT2D eigenvalue weighted by molar-refractivity contribution is 6.31. The second kappa shape index (κ2) is 5.74. The van der Waals surface area contributed by atoms with Crippen molar-refractivity contribution in [2.75, 3.05) is 6.54 Å². The molecule has 0 spiro atoms. The van der Waals surface area contributed by atoms with Gasteiger partial charge in [-0.25, -0.2) is 0 Å². The van der Waals surface area contributed by atoms with Crippen LogP contribution in [0.1, 0.15) is 43.7 Å². The molecule has 1 aliphatic carbocycles. The fraction of sp³-hybridized carbons (Fsp3) is 0.562. The largest absolute Gasteiger partial charge is 0.335 e. The van der Waals surface area contributed by atoms with E-state index in [0.717, 1.165) is 49.2 Å². The van der Waals surface area contributed by atoms with Gasteiger partial charge >= 0.3 is 0 Å².